The Morgan fingerprint density at radius 2 is 1.58 bits per heavy atom. The van der Waals surface area contributed by atoms with E-state index in [2.05, 4.69) is 11.4 Å². The van der Waals surface area contributed by atoms with Crippen LogP contribution in [0.2, 0.25) is 0 Å². The minimum atomic E-state index is -0.448. The summed E-state index contributed by atoms with van der Waals surface area (Å²) in [6.07, 6.45) is 0. The second-order valence-corrected chi connectivity index (χ2v) is 7.49. The van der Waals surface area contributed by atoms with E-state index in [1.165, 1.54) is 0 Å². The number of hydrogen-bond donors (Lipinski definition) is 1. The number of fused-ring (bicyclic) bond motifs is 1. The molecular weight excluding hydrogens is 322 g/mol. The molecule has 0 aliphatic carbocycles. The molecule has 0 aromatic heterocycles. The number of amides is 1. The van der Waals surface area contributed by atoms with Gasteiger partial charge in [-0.25, -0.2) is 0 Å². The van der Waals surface area contributed by atoms with E-state index in [1.807, 2.05) is 81.4 Å². The molecule has 0 heterocycles. The van der Waals surface area contributed by atoms with Gasteiger partial charge in [0.25, 0.3) is 0 Å². The van der Waals surface area contributed by atoms with Crippen LogP contribution in [0.5, 0.6) is 5.75 Å². The van der Waals surface area contributed by atoms with Crippen molar-refractivity contribution in [3.8, 4) is 5.75 Å². The van der Waals surface area contributed by atoms with Crippen LogP contribution < -0.4 is 10.1 Å². The first-order valence-electron chi connectivity index (χ1n) is 8.83. The van der Waals surface area contributed by atoms with E-state index in [4.69, 9.17) is 4.74 Å². The van der Waals surface area contributed by atoms with Crippen molar-refractivity contribution in [1.29, 1.82) is 0 Å². The highest BCUT2D eigenvalue weighted by molar-refractivity contribution is 5.97. The molecule has 1 N–H and O–H groups in total. The van der Waals surface area contributed by atoms with Crippen LogP contribution in [-0.2, 0) is 4.79 Å². The first-order valence-corrected chi connectivity index (χ1v) is 8.83. The standard InChI is InChI=1S/C23H25NO2/c1-23(2,3)24-22(25)20(17-11-6-5-7-12-17)21-18-13-9-8-10-16(18)14-15-19(21)26-4/h5-15,20H,1-4H3,(H,24,25). The van der Waals surface area contributed by atoms with Crippen LogP contribution in [0.1, 0.15) is 37.8 Å². The highest BCUT2D eigenvalue weighted by Crippen LogP contribution is 2.38. The van der Waals surface area contributed by atoms with Gasteiger partial charge in [0.15, 0.2) is 0 Å². The number of nitrogens with one attached hydrogen (secondary N) is 1. The summed E-state index contributed by atoms with van der Waals surface area (Å²) in [6, 6.07) is 22.0. The summed E-state index contributed by atoms with van der Waals surface area (Å²) >= 11 is 0. The van der Waals surface area contributed by atoms with Crippen LogP contribution >= 0.6 is 0 Å². The third kappa shape index (κ3) is 3.72. The maximum Gasteiger partial charge on any atom is 0.232 e. The number of hydrogen-bond acceptors (Lipinski definition) is 2. The van der Waals surface area contributed by atoms with Crippen molar-refractivity contribution in [3.63, 3.8) is 0 Å². The topological polar surface area (TPSA) is 38.3 Å². The molecule has 0 aliphatic rings. The molecule has 134 valence electrons. The van der Waals surface area contributed by atoms with Crippen LogP contribution in [0.15, 0.2) is 66.7 Å². The zero-order chi connectivity index (χ0) is 18.7. The average Bonchev–Trinajstić information content (AvgIpc) is 2.61. The molecule has 0 spiro atoms. The van der Waals surface area contributed by atoms with Gasteiger partial charge in [-0.1, -0.05) is 60.7 Å². The van der Waals surface area contributed by atoms with E-state index in [1.54, 1.807) is 7.11 Å². The van der Waals surface area contributed by atoms with E-state index in [9.17, 15) is 4.79 Å². The van der Waals surface area contributed by atoms with E-state index < -0.39 is 5.92 Å². The van der Waals surface area contributed by atoms with Gasteiger partial charge in [-0.15, -0.1) is 0 Å². The molecule has 3 aromatic rings. The van der Waals surface area contributed by atoms with Gasteiger partial charge in [0.2, 0.25) is 5.91 Å². The SMILES string of the molecule is COc1ccc2ccccc2c1C(C(=O)NC(C)(C)C)c1ccccc1. The van der Waals surface area contributed by atoms with Crippen molar-refractivity contribution >= 4 is 16.7 Å². The molecule has 3 heteroatoms. The fourth-order valence-electron chi connectivity index (χ4n) is 3.29. The summed E-state index contributed by atoms with van der Waals surface area (Å²) in [7, 11) is 1.65. The summed E-state index contributed by atoms with van der Waals surface area (Å²) in [5, 5.41) is 5.26. The first kappa shape index (κ1) is 18.0. The predicted octanol–water partition coefficient (Wildman–Crippen LogP) is 4.90. The molecule has 3 rings (SSSR count). The maximum absolute atomic E-state index is 13.3. The quantitative estimate of drug-likeness (QED) is 0.729. The van der Waals surface area contributed by atoms with Gasteiger partial charge in [-0.05, 0) is 43.2 Å². The number of benzene rings is 3. The van der Waals surface area contributed by atoms with Gasteiger partial charge in [-0.2, -0.15) is 0 Å². The Balaban J connectivity index is 2.25. The van der Waals surface area contributed by atoms with Gasteiger partial charge in [0, 0.05) is 11.1 Å². The van der Waals surface area contributed by atoms with Gasteiger partial charge in [-0.3, -0.25) is 4.79 Å². The summed E-state index contributed by atoms with van der Waals surface area (Å²) < 4.78 is 5.66. The van der Waals surface area contributed by atoms with Crippen molar-refractivity contribution in [2.24, 2.45) is 0 Å². The van der Waals surface area contributed by atoms with Crippen molar-refractivity contribution in [3.05, 3.63) is 77.9 Å². The Morgan fingerprint density at radius 1 is 0.923 bits per heavy atom. The minimum absolute atomic E-state index is 0.0293. The maximum atomic E-state index is 13.3. The summed E-state index contributed by atoms with van der Waals surface area (Å²) in [6.45, 7) is 5.98. The molecule has 3 aromatic carbocycles. The first-order chi connectivity index (χ1) is 12.4. The van der Waals surface area contributed by atoms with Crippen LogP contribution in [-0.4, -0.2) is 18.6 Å². The second kappa shape index (κ2) is 7.20. The van der Waals surface area contributed by atoms with Crippen LogP contribution in [0, 0.1) is 0 Å². The van der Waals surface area contributed by atoms with Gasteiger partial charge < -0.3 is 10.1 Å². The normalized spacial score (nSPS) is 12.6. The van der Waals surface area contributed by atoms with Crippen molar-refractivity contribution < 1.29 is 9.53 Å². The largest absolute Gasteiger partial charge is 0.496 e. The van der Waals surface area contributed by atoms with Gasteiger partial charge >= 0.3 is 0 Å². The van der Waals surface area contributed by atoms with Crippen molar-refractivity contribution in [2.75, 3.05) is 7.11 Å². The zero-order valence-corrected chi connectivity index (χ0v) is 15.7. The third-order valence-electron chi connectivity index (χ3n) is 4.33. The number of carbonyl (C=O) groups is 1. The van der Waals surface area contributed by atoms with E-state index in [0.29, 0.717) is 0 Å². The molecule has 1 unspecified atom stereocenters. The molecular formula is C23H25NO2. The van der Waals surface area contributed by atoms with Crippen molar-refractivity contribution in [1.82, 2.24) is 5.32 Å². The molecule has 0 fully saturated rings. The Morgan fingerprint density at radius 3 is 2.23 bits per heavy atom. The third-order valence-corrected chi connectivity index (χ3v) is 4.33. The number of rotatable bonds is 4. The van der Waals surface area contributed by atoms with Crippen LogP contribution in [0.25, 0.3) is 10.8 Å². The summed E-state index contributed by atoms with van der Waals surface area (Å²) in [5.74, 6) is 0.247. The summed E-state index contributed by atoms with van der Waals surface area (Å²) in [4.78, 5) is 13.3. The zero-order valence-electron chi connectivity index (χ0n) is 15.7. The fourth-order valence-corrected chi connectivity index (χ4v) is 3.29. The molecule has 1 atom stereocenters. The lowest BCUT2D eigenvalue weighted by molar-refractivity contribution is -0.123. The van der Waals surface area contributed by atoms with Crippen LogP contribution in [0.3, 0.4) is 0 Å². The minimum Gasteiger partial charge on any atom is -0.496 e. The highest BCUT2D eigenvalue weighted by atomic mass is 16.5. The summed E-state index contributed by atoms with van der Waals surface area (Å²) in [5.41, 5.74) is 1.53. The number of carbonyl (C=O) groups excluding carboxylic acids is 1. The van der Waals surface area contributed by atoms with E-state index in [-0.39, 0.29) is 11.4 Å². The fraction of sp³-hybridized carbons (Fsp3) is 0.261. The average molecular weight is 347 g/mol. The van der Waals surface area contributed by atoms with Gasteiger partial charge in [0.1, 0.15) is 5.75 Å². The van der Waals surface area contributed by atoms with E-state index >= 15 is 0 Å². The lowest BCUT2D eigenvalue weighted by Gasteiger charge is -2.27. The Hall–Kier alpha value is -2.81. The molecule has 0 aliphatic heterocycles. The molecule has 0 bridgehead atoms. The second-order valence-electron chi connectivity index (χ2n) is 7.49. The molecule has 3 nitrogen and oxygen atoms in total. The number of methoxy groups -OCH3 is 1. The van der Waals surface area contributed by atoms with Crippen LogP contribution in [0.4, 0.5) is 0 Å². The molecule has 0 saturated heterocycles. The highest BCUT2D eigenvalue weighted by Gasteiger charge is 2.30. The Bertz CT molecular complexity index is 910. The molecule has 26 heavy (non-hydrogen) atoms. The predicted molar refractivity (Wildman–Crippen MR) is 107 cm³/mol. The molecule has 0 radical (unpaired) electrons. The Labute approximate surface area is 155 Å². The Kier molecular flexibility index (Phi) is 4.99. The number of ether oxygens (including phenoxy) is 1. The van der Waals surface area contributed by atoms with E-state index in [0.717, 1.165) is 27.6 Å². The molecule has 0 saturated carbocycles. The smallest absolute Gasteiger partial charge is 0.232 e. The lowest BCUT2D eigenvalue weighted by Crippen LogP contribution is -2.43. The monoisotopic (exact) mass is 347 g/mol. The lowest BCUT2D eigenvalue weighted by atomic mass is 9.85. The molecule has 1 amide bonds. The van der Waals surface area contributed by atoms with Gasteiger partial charge in [0.05, 0.1) is 13.0 Å². The van der Waals surface area contributed by atoms with Crippen molar-refractivity contribution in [2.45, 2.75) is 32.2 Å².